The van der Waals surface area contributed by atoms with Gasteiger partial charge < -0.3 is 9.47 Å². The summed E-state index contributed by atoms with van der Waals surface area (Å²) in [5, 5.41) is 0.446. The van der Waals surface area contributed by atoms with Crippen molar-refractivity contribution >= 4 is 11.6 Å². The number of ether oxygens (including phenoxy) is 2. The lowest BCUT2D eigenvalue weighted by molar-refractivity contribution is 0.0541. The summed E-state index contributed by atoms with van der Waals surface area (Å²) in [6.07, 6.45) is 2.52. The Balaban J connectivity index is 1.87. The molecule has 0 unspecified atom stereocenters. The van der Waals surface area contributed by atoms with Crippen molar-refractivity contribution in [3.63, 3.8) is 0 Å². The second kappa shape index (κ2) is 5.65. The first-order valence-electron chi connectivity index (χ1n) is 5.94. The van der Waals surface area contributed by atoms with Crippen molar-refractivity contribution in [2.45, 2.75) is 38.7 Å². The normalized spacial score (nSPS) is 15.3. The topological polar surface area (TPSA) is 44.2 Å². The predicted molar refractivity (Wildman–Crippen MR) is 65.6 cm³/mol. The summed E-state index contributed by atoms with van der Waals surface area (Å²) >= 11 is 5.92. The first-order chi connectivity index (χ1) is 8.15. The van der Waals surface area contributed by atoms with Crippen molar-refractivity contribution < 1.29 is 9.47 Å². The summed E-state index contributed by atoms with van der Waals surface area (Å²) in [6.45, 7) is 5.02. The lowest BCUT2D eigenvalue weighted by atomic mass is 10.4. The Hall–Kier alpha value is -0.870. The summed E-state index contributed by atoms with van der Waals surface area (Å²) in [5.74, 6) is 1.82. The summed E-state index contributed by atoms with van der Waals surface area (Å²) in [4.78, 5) is 8.53. The first kappa shape index (κ1) is 12.6. The molecule has 17 heavy (non-hydrogen) atoms. The number of hydrogen-bond acceptors (Lipinski definition) is 4. The third-order valence-corrected chi connectivity index (χ3v) is 2.61. The SMILES string of the molecule is CC(C)OCCOc1cc(Cl)nc(C2CC2)n1. The second-order valence-electron chi connectivity index (χ2n) is 4.43. The average Bonchev–Trinajstić information content (AvgIpc) is 3.07. The fourth-order valence-electron chi connectivity index (χ4n) is 1.44. The Morgan fingerprint density at radius 1 is 1.35 bits per heavy atom. The van der Waals surface area contributed by atoms with Gasteiger partial charge in [0.25, 0.3) is 0 Å². The molecule has 1 aromatic heterocycles. The molecule has 1 aliphatic carbocycles. The van der Waals surface area contributed by atoms with Crippen LogP contribution in [0.15, 0.2) is 6.07 Å². The van der Waals surface area contributed by atoms with Gasteiger partial charge in [-0.25, -0.2) is 4.98 Å². The highest BCUT2D eigenvalue weighted by Gasteiger charge is 2.27. The highest BCUT2D eigenvalue weighted by Crippen LogP contribution is 2.38. The number of halogens is 1. The van der Waals surface area contributed by atoms with E-state index in [4.69, 9.17) is 21.1 Å². The maximum Gasteiger partial charge on any atom is 0.218 e. The van der Waals surface area contributed by atoms with Crippen LogP contribution in [0.1, 0.15) is 38.4 Å². The number of rotatable bonds is 6. The van der Waals surface area contributed by atoms with Crippen LogP contribution in [0.5, 0.6) is 5.88 Å². The summed E-state index contributed by atoms with van der Waals surface area (Å²) in [7, 11) is 0. The maximum atomic E-state index is 5.92. The van der Waals surface area contributed by atoms with E-state index in [2.05, 4.69) is 9.97 Å². The van der Waals surface area contributed by atoms with Crippen LogP contribution in [-0.2, 0) is 4.74 Å². The fourth-order valence-corrected chi connectivity index (χ4v) is 1.62. The van der Waals surface area contributed by atoms with Gasteiger partial charge in [0.05, 0.1) is 12.7 Å². The van der Waals surface area contributed by atoms with Crippen LogP contribution in [0.25, 0.3) is 0 Å². The largest absolute Gasteiger partial charge is 0.475 e. The minimum atomic E-state index is 0.217. The van der Waals surface area contributed by atoms with Gasteiger partial charge in [0.1, 0.15) is 17.6 Å². The number of hydrogen-bond donors (Lipinski definition) is 0. The molecule has 1 aromatic rings. The molecular formula is C12H17ClN2O2. The lowest BCUT2D eigenvalue weighted by Crippen LogP contribution is -2.12. The van der Waals surface area contributed by atoms with Gasteiger partial charge in [0.15, 0.2) is 0 Å². The van der Waals surface area contributed by atoms with Gasteiger partial charge in [0.2, 0.25) is 5.88 Å². The molecule has 5 heteroatoms. The monoisotopic (exact) mass is 256 g/mol. The second-order valence-corrected chi connectivity index (χ2v) is 4.82. The van der Waals surface area contributed by atoms with E-state index in [9.17, 15) is 0 Å². The Bertz CT molecular complexity index is 381. The Morgan fingerprint density at radius 3 is 2.76 bits per heavy atom. The molecule has 4 nitrogen and oxygen atoms in total. The van der Waals surface area contributed by atoms with Crippen LogP contribution >= 0.6 is 11.6 Å². The lowest BCUT2D eigenvalue weighted by Gasteiger charge is -2.09. The third-order valence-electron chi connectivity index (χ3n) is 2.42. The number of nitrogens with zero attached hydrogens (tertiary/aromatic N) is 2. The van der Waals surface area contributed by atoms with Gasteiger partial charge in [-0.3, -0.25) is 0 Å². The summed E-state index contributed by atoms with van der Waals surface area (Å²) in [6, 6.07) is 1.64. The van der Waals surface area contributed by atoms with Crippen molar-refractivity contribution in [3.05, 3.63) is 17.0 Å². The molecule has 1 heterocycles. The van der Waals surface area contributed by atoms with E-state index < -0.39 is 0 Å². The van der Waals surface area contributed by atoms with E-state index in [0.29, 0.717) is 30.2 Å². The van der Waals surface area contributed by atoms with E-state index in [-0.39, 0.29) is 6.10 Å². The van der Waals surface area contributed by atoms with Gasteiger partial charge in [-0.2, -0.15) is 4.98 Å². The number of aromatic nitrogens is 2. The Labute approximate surface area is 106 Å². The zero-order chi connectivity index (χ0) is 12.3. The Morgan fingerprint density at radius 2 is 2.12 bits per heavy atom. The van der Waals surface area contributed by atoms with Crippen molar-refractivity contribution in [1.82, 2.24) is 9.97 Å². The zero-order valence-corrected chi connectivity index (χ0v) is 10.9. The zero-order valence-electron chi connectivity index (χ0n) is 10.1. The molecule has 0 radical (unpaired) electrons. The van der Waals surface area contributed by atoms with Gasteiger partial charge >= 0.3 is 0 Å². The molecule has 0 saturated heterocycles. The highest BCUT2D eigenvalue weighted by atomic mass is 35.5. The van der Waals surface area contributed by atoms with Crippen molar-refractivity contribution in [1.29, 1.82) is 0 Å². The quantitative estimate of drug-likeness (QED) is 0.580. The van der Waals surface area contributed by atoms with Crippen molar-refractivity contribution in [2.75, 3.05) is 13.2 Å². The van der Waals surface area contributed by atoms with E-state index in [1.807, 2.05) is 13.8 Å². The first-order valence-corrected chi connectivity index (χ1v) is 6.32. The Kier molecular flexibility index (Phi) is 4.18. The molecule has 0 N–H and O–H groups in total. The van der Waals surface area contributed by atoms with E-state index >= 15 is 0 Å². The van der Waals surface area contributed by atoms with Crippen LogP contribution in [0.4, 0.5) is 0 Å². The standard InChI is InChI=1S/C12H17ClN2O2/c1-8(2)16-5-6-17-11-7-10(13)14-12(15-11)9-3-4-9/h7-9H,3-6H2,1-2H3. The summed E-state index contributed by atoms with van der Waals surface area (Å²) in [5.41, 5.74) is 0. The van der Waals surface area contributed by atoms with Crippen LogP contribution in [0, 0.1) is 0 Å². The fraction of sp³-hybridized carbons (Fsp3) is 0.667. The molecule has 1 saturated carbocycles. The molecule has 1 fully saturated rings. The predicted octanol–water partition coefficient (Wildman–Crippen LogP) is 2.81. The van der Waals surface area contributed by atoms with Gasteiger partial charge in [-0.1, -0.05) is 11.6 Å². The molecule has 2 rings (SSSR count). The van der Waals surface area contributed by atoms with Crippen molar-refractivity contribution in [2.24, 2.45) is 0 Å². The van der Waals surface area contributed by atoms with Crippen molar-refractivity contribution in [3.8, 4) is 5.88 Å². The van der Waals surface area contributed by atoms with Crippen LogP contribution < -0.4 is 4.74 Å². The molecular weight excluding hydrogens is 240 g/mol. The molecule has 0 bridgehead atoms. The maximum absolute atomic E-state index is 5.92. The molecule has 0 aromatic carbocycles. The van der Waals surface area contributed by atoms with Crippen LogP contribution in [0.2, 0.25) is 5.15 Å². The smallest absolute Gasteiger partial charge is 0.218 e. The van der Waals surface area contributed by atoms with Gasteiger partial charge in [-0.15, -0.1) is 0 Å². The minimum Gasteiger partial charge on any atom is -0.475 e. The molecule has 0 amide bonds. The molecule has 0 atom stereocenters. The minimum absolute atomic E-state index is 0.217. The average molecular weight is 257 g/mol. The highest BCUT2D eigenvalue weighted by molar-refractivity contribution is 6.29. The van der Waals surface area contributed by atoms with E-state index in [1.54, 1.807) is 6.07 Å². The van der Waals surface area contributed by atoms with E-state index in [0.717, 1.165) is 18.7 Å². The molecule has 1 aliphatic rings. The van der Waals surface area contributed by atoms with Gasteiger partial charge in [0, 0.05) is 12.0 Å². The summed E-state index contributed by atoms with van der Waals surface area (Å²) < 4.78 is 10.9. The van der Waals surface area contributed by atoms with Crippen LogP contribution in [0.3, 0.4) is 0 Å². The molecule has 0 spiro atoms. The third kappa shape index (κ3) is 4.13. The molecule has 94 valence electrons. The van der Waals surface area contributed by atoms with E-state index in [1.165, 1.54) is 0 Å². The molecule has 0 aliphatic heterocycles. The van der Waals surface area contributed by atoms with Gasteiger partial charge in [-0.05, 0) is 26.7 Å². The van der Waals surface area contributed by atoms with Crippen LogP contribution in [-0.4, -0.2) is 29.3 Å².